The molecule has 5 heteroatoms. The normalized spacial score (nSPS) is 25.4. The van der Waals surface area contributed by atoms with Gasteiger partial charge in [-0.3, -0.25) is 9.59 Å². The van der Waals surface area contributed by atoms with Gasteiger partial charge in [-0.15, -0.1) is 0 Å². The summed E-state index contributed by atoms with van der Waals surface area (Å²) in [4.78, 5) is 27.5. The molecule has 2 aliphatic heterocycles. The van der Waals surface area contributed by atoms with Gasteiger partial charge in [-0.25, -0.2) is 0 Å². The first-order valence-corrected chi connectivity index (χ1v) is 6.78. The quantitative estimate of drug-likeness (QED) is 0.742. The van der Waals surface area contributed by atoms with Crippen LogP contribution in [0.4, 0.5) is 0 Å². The molecular formula is C13H22N2O3. The van der Waals surface area contributed by atoms with Gasteiger partial charge in [0.05, 0.1) is 0 Å². The van der Waals surface area contributed by atoms with Crippen LogP contribution in [0, 0.1) is 0 Å². The molecule has 2 fully saturated rings. The van der Waals surface area contributed by atoms with Crippen molar-refractivity contribution in [1.82, 2.24) is 9.80 Å². The lowest BCUT2D eigenvalue weighted by molar-refractivity contribution is -0.143. The molecule has 0 aromatic rings. The van der Waals surface area contributed by atoms with Crippen LogP contribution in [-0.4, -0.2) is 61.0 Å². The molecule has 0 saturated carbocycles. The Balaban J connectivity index is 1.93. The Morgan fingerprint density at radius 1 is 1.33 bits per heavy atom. The monoisotopic (exact) mass is 254 g/mol. The summed E-state index contributed by atoms with van der Waals surface area (Å²) >= 11 is 0. The van der Waals surface area contributed by atoms with E-state index in [2.05, 4.69) is 0 Å². The van der Waals surface area contributed by atoms with E-state index in [9.17, 15) is 9.59 Å². The minimum atomic E-state index is 0.0339. The van der Waals surface area contributed by atoms with Crippen LogP contribution in [0.25, 0.3) is 0 Å². The SMILES string of the molecule is COCC(=O)N1CCCC(N2CCCCC2=O)C1. The van der Waals surface area contributed by atoms with E-state index in [-0.39, 0.29) is 24.5 Å². The van der Waals surface area contributed by atoms with Gasteiger partial charge in [0.25, 0.3) is 0 Å². The van der Waals surface area contributed by atoms with Crippen molar-refractivity contribution in [2.24, 2.45) is 0 Å². The lowest BCUT2D eigenvalue weighted by Gasteiger charge is -2.41. The summed E-state index contributed by atoms with van der Waals surface area (Å²) in [5.74, 6) is 0.291. The molecular weight excluding hydrogens is 232 g/mol. The number of hydrogen-bond donors (Lipinski definition) is 0. The van der Waals surface area contributed by atoms with Gasteiger partial charge in [0.1, 0.15) is 6.61 Å². The number of hydrogen-bond acceptors (Lipinski definition) is 3. The summed E-state index contributed by atoms with van der Waals surface area (Å²) < 4.78 is 4.89. The van der Waals surface area contributed by atoms with E-state index in [1.54, 1.807) is 0 Å². The molecule has 0 aliphatic carbocycles. The fraction of sp³-hybridized carbons (Fsp3) is 0.846. The molecule has 0 spiro atoms. The van der Waals surface area contributed by atoms with Gasteiger partial charge in [-0.05, 0) is 25.7 Å². The molecule has 0 aromatic carbocycles. The first kappa shape index (κ1) is 13.3. The van der Waals surface area contributed by atoms with E-state index < -0.39 is 0 Å². The van der Waals surface area contributed by atoms with Crippen molar-refractivity contribution in [3.8, 4) is 0 Å². The van der Waals surface area contributed by atoms with Gasteiger partial charge in [0.2, 0.25) is 11.8 Å². The molecule has 5 nitrogen and oxygen atoms in total. The van der Waals surface area contributed by atoms with Crippen molar-refractivity contribution >= 4 is 11.8 Å². The molecule has 1 atom stereocenters. The highest BCUT2D eigenvalue weighted by molar-refractivity contribution is 5.79. The zero-order chi connectivity index (χ0) is 13.0. The molecule has 2 aliphatic rings. The lowest BCUT2D eigenvalue weighted by Crippen LogP contribution is -2.53. The summed E-state index contributed by atoms with van der Waals surface area (Å²) in [6, 6.07) is 0.215. The number of rotatable bonds is 3. The summed E-state index contributed by atoms with van der Waals surface area (Å²) in [5, 5.41) is 0. The number of likely N-dealkylation sites (tertiary alicyclic amines) is 2. The Hall–Kier alpha value is -1.10. The van der Waals surface area contributed by atoms with Gasteiger partial charge in [-0.1, -0.05) is 0 Å². The van der Waals surface area contributed by atoms with Crippen LogP contribution in [-0.2, 0) is 14.3 Å². The Morgan fingerprint density at radius 2 is 2.17 bits per heavy atom. The summed E-state index contributed by atoms with van der Waals surface area (Å²) in [6.07, 6.45) is 4.76. The average molecular weight is 254 g/mol. The van der Waals surface area contributed by atoms with Gasteiger partial charge >= 0.3 is 0 Å². The van der Waals surface area contributed by atoms with Crippen molar-refractivity contribution in [3.63, 3.8) is 0 Å². The standard InChI is InChI=1S/C13H22N2O3/c1-18-10-13(17)14-7-4-5-11(9-14)15-8-3-2-6-12(15)16/h11H,2-10H2,1H3. The van der Waals surface area contributed by atoms with E-state index in [1.165, 1.54) is 7.11 Å². The van der Waals surface area contributed by atoms with Crippen molar-refractivity contribution in [1.29, 1.82) is 0 Å². The van der Waals surface area contributed by atoms with E-state index >= 15 is 0 Å². The highest BCUT2D eigenvalue weighted by Crippen LogP contribution is 2.21. The topological polar surface area (TPSA) is 49.9 Å². The van der Waals surface area contributed by atoms with Crippen LogP contribution in [0.5, 0.6) is 0 Å². The maximum atomic E-state index is 11.9. The highest BCUT2D eigenvalue weighted by Gasteiger charge is 2.31. The third kappa shape index (κ3) is 3.02. The van der Waals surface area contributed by atoms with Crippen LogP contribution in [0.2, 0.25) is 0 Å². The molecule has 102 valence electrons. The molecule has 0 bridgehead atoms. The van der Waals surface area contributed by atoms with Gasteiger partial charge in [0, 0.05) is 39.2 Å². The molecule has 1 unspecified atom stereocenters. The Bertz CT molecular complexity index is 319. The summed E-state index contributed by atoms with van der Waals surface area (Å²) in [7, 11) is 1.54. The number of amides is 2. The Labute approximate surface area is 108 Å². The van der Waals surface area contributed by atoms with Crippen LogP contribution in [0.1, 0.15) is 32.1 Å². The van der Waals surface area contributed by atoms with Crippen LogP contribution in [0.15, 0.2) is 0 Å². The second-order valence-electron chi connectivity index (χ2n) is 5.11. The fourth-order valence-electron chi connectivity index (χ4n) is 2.86. The molecule has 2 rings (SSSR count). The molecule has 0 aromatic heterocycles. The number of nitrogens with zero attached hydrogens (tertiary/aromatic N) is 2. The molecule has 2 saturated heterocycles. The molecule has 2 heterocycles. The van der Waals surface area contributed by atoms with Gasteiger partial charge < -0.3 is 14.5 Å². The number of ether oxygens (including phenoxy) is 1. The number of carbonyl (C=O) groups excluding carboxylic acids is 2. The fourth-order valence-corrected chi connectivity index (χ4v) is 2.86. The Kier molecular flexibility index (Phi) is 4.58. The maximum absolute atomic E-state index is 11.9. The second-order valence-corrected chi connectivity index (χ2v) is 5.11. The predicted molar refractivity (Wildman–Crippen MR) is 67.0 cm³/mol. The van der Waals surface area contributed by atoms with Crippen LogP contribution in [0.3, 0.4) is 0 Å². The third-order valence-electron chi connectivity index (χ3n) is 3.82. The zero-order valence-electron chi connectivity index (χ0n) is 11.1. The average Bonchev–Trinajstić information content (AvgIpc) is 2.40. The molecule has 0 radical (unpaired) electrons. The first-order chi connectivity index (χ1) is 8.72. The number of piperidine rings is 2. The number of carbonyl (C=O) groups is 2. The number of methoxy groups -OCH3 is 1. The minimum absolute atomic E-state index is 0.0339. The summed E-state index contributed by atoms with van der Waals surface area (Å²) in [5.41, 5.74) is 0. The van der Waals surface area contributed by atoms with E-state index in [0.29, 0.717) is 13.0 Å². The van der Waals surface area contributed by atoms with Crippen molar-refractivity contribution < 1.29 is 14.3 Å². The smallest absolute Gasteiger partial charge is 0.248 e. The second kappa shape index (κ2) is 6.18. The van der Waals surface area contributed by atoms with Gasteiger partial charge in [0.15, 0.2) is 0 Å². The van der Waals surface area contributed by atoms with Crippen molar-refractivity contribution in [2.75, 3.05) is 33.4 Å². The van der Waals surface area contributed by atoms with Gasteiger partial charge in [-0.2, -0.15) is 0 Å². The molecule has 18 heavy (non-hydrogen) atoms. The minimum Gasteiger partial charge on any atom is -0.375 e. The van der Waals surface area contributed by atoms with Crippen LogP contribution < -0.4 is 0 Å². The highest BCUT2D eigenvalue weighted by atomic mass is 16.5. The van der Waals surface area contributed by atoms with E-state index in [0.717, 1.165) is 38.8 Å². The molecule has 2 amide bonds. The largest absolute Gasteiger partial charge is 0.375 e. The van der Waals surface area contributed by atoms with Crippen molar-refractivity contribution in [2.45, 2.75) is 38.1 Å². The third-order valence-corrected chi connectivity index (χ3v) is 3.82. The lowest BCUT2D eigenvalue weighted by atomic mass is 10.0. The molecule has 0 N–H and O–H groups in total. The van der Waals surface area contributed by atoms with E-state index in [4.69, 9.17) is 4.74 Å². The van der Waals surface area contributed by atoms with Crippen LogP contribution >= 0.6 is 0 Å². The summed E-state index contributed by atoms with van der Waals surface area (Å²) in [6.45, 7) is 2.46. The zero-order valence-corrected chi connectivity index (χ0v) is 11.1. The Morgan fingerprint density at radius 3 is 2.89 bits per heavy atom. The van der Waals surface area contributed by atoms with Crippen molar-refractivity contribution in [3.05, 3.63) is 0 Å². The predicted octanol–water partition coefficient (Wildman–Crippen LogP) is 0.636. The maximum Gasteiger partial charge on any atom is 0.248 e. The van der Waals surface area contributed by atoms with E-state index in [1.807, 2.05) is 9.80 Å². The first-order valence-electron chi connectivity index (χ1n) is 6.78.